The molecule has 0 aromatic heterocycles. The monoisotopic (exact) mass is 289 g/mol. The Morgan fingerprint density at radius 2 is 2.13 bits per heavy atom. The Kier molecular flexibility index (Phi) is 2.55. The van der Waals surface area contributed by atoms with Crippen LogP contribution in [0.1, 0.15) is 12.5 Å². The molecule has 2 rings (SSSR count). The van der Waals surface area contributed by atoms with Gasteiger partial charge in [-0.25, -0.2) is 8.42 Å². The molecule has 0 unspecified atom stereocenters. The third-order valence-electron chi connectivity index (χ3n) is 2.55. The topological polar surface area (TPSA) is 37.4 Å². The lowest BCUT2D eigenvalue weighted by Gasteiger charge is -2.21. The number of hydrogen-bond donors (Lipinski definition) is 0. The van der Waals surface area contributed by atoms with Crippen molar-refractivity contribution in [3.05, 3.63) is 28.2 Å². The van der Waals surface area contributed by atoms with Crippen molar-refractivity contribution in [3.63, 3.8) is 0 Å². The molecule has 1 atom stereocenters. The van der Waals surface area contributed by atoms with Crippen LogP contribution in [-0.4, -0.2) is 20.7 Å². The fourth-order valence-electron chi connectivity index (χ4n) is 2.08. The third kappa shape index (κ3) is 1.90. The van der Waals surface area contributed by atoms with E-state index >= 15 is 0 Å². The fraction of sp³-hybridized carbons (Fsp3) is 0.400. The molecule has 0 spiro atoms. The van der Waals surface area contributed by atoms with Gasteiger partial charge in [0.1, 0.15) is 0 Å². The second-order valence-corrected chi connectivity index (χ2v) is 6.66. The highest BCUT2D eigenvalue weighted by Gasteiger charge is 2.32. The molecule has 0 fully saturated rings. The summed E-state index contributed by atoms with van der Waals surface area (Å²) in [6.45, 7) is 1.93. The van der Waals surface area contributed by atoms with Crippen molar-refractivity contribution in [1.29, 1.82) is 0 Å². The number of anilines is 1. The van der Waals surface area contributed by atoms with Gasteiger partial charge in [-0.1, -0.05) is 15.9 Å². The highest BCUT2D eigenvalue weighted by Crippen LogP contribution is 2.35. The zero-order chi connectivity index (χ0) is 11.2. The Labute approximate surface area is 98.3 Å². The van der Waals surface area contributed by atoms with Crippen LogP contribution in [0.2, 0.25) is 0 Å². The van der Waals surface area contributed by atoms with Gasteiger partial charge in [-0.05, 0) is 37.1 Å². The minimum absolute atomic E-state index is 0.0179. The number of fused-ring (bicyclic) bond motifs is 1. The van der Waals surface area contributed by atoms with Crippen LogP contribution in [0.4, 0.5) is 5.69 Å². The van der Waals surface area contributed by atoms with Gasteiger partial charge in [-0.2, -0.15) is 0 Å². The molecular weight excluding hydrogens is 278 g/mol. The minimum atomic E-state index is -3.16. The average molecular weight is 290 g/mol. The van der Waals surface area contributed by atoms with Gasteiger partial charge in [0.2, 0.25) is 10.0 Å². The van der Waals surface area contributed by atoms with Crippen molar-refractivity contribution in [1.82, 2.24) is 0 Å². The molecule has 0 radical (unpaired) electrons. The van der Waals surface area contributed by atoms with E-state index in [0.717, 1.165) is 22.1 Å². The maximum absolute atomic E-state index is 11.6. The second-order valence-electron chi connectivity index (χ2n) is 3.88. The smallest absolute Gasteiger partial charge is 0.232 e. The molecule has 82 valence electrons. The van der Waals surface area contributed by atoms with Gasteiger partial charge in [0, 0.05) is 10.5 Å². The molecule has 0 saturated heterocycles. The summed E-state index contributed by atoms with van der Waals surface area (Å²) in [6.07, 6.45) is 2.03. The first kappa shape index (κ1) is 11.0. The largest absolute Gasteiger partial charge is 0.267 e. The number of nitrogens with zero attached hydrogens (tertiary/aromatic N) is 1. The van der Waals surface area contributed by atoms with E-state index in [4.69, 9.17) is 0 Å². The lowest BCUT2D eigenvalue weighted by Crippen LogP contribution is -2.34. The molecule has 3 nitrogen and oxygen atoms in total. The zero-order valence-electron chi connectivity index (χ0n) is 8.57. The van der Waals surface area contributed by atoms with E-state index in [-0.39, 0.29) is 6.04 Å². The molecule has 1 aliphatic rings. The molecule has 0 saturated carbocycles. The lowest BCUT2D eigenvalue weighted by molar-refractivity contribution is 0.590. The predicted molar refractivity (Wildman–Crippen MR) is 64.6 cm³/mol. The predicted octanol–water partition coefficient (Wildman–Crippen LogP) is 2.16. The summed E-state index contributed by atoms with van der Waals surface area (Å²) >= 11 is 3.39. The number of rotatable bonds is 1. The van der Waals surface area contributed by atoms with Crippen LogP contribution in [0.25, 0.3) is 0 Å². The summed E-state index contributed by atoms with van der Waals surface area (Å²) < 4.78 is 25.7. The van der Waals surface area contributed by atoms with Gasteiger partial charge in [0.25, 0.3) is 0 Å². The van der Waals surface area contributed by atoms with E-state index in [1.807, 2.05) is 25.1 Å². The lowest BCUT2D eigenvalue weighted by atomic mass is 10.1. The molecule has 5 heteroatoms. The summed E-state index contributed by atoms with van der Waals surface area (Å²) in [5, 5.41) is 0. The van der Waals surface area contributed by atoms with Crippen LogP contribution in [-0.2, 0) is 16.4 Å². The van der Waals surface area contributed by atoms with E-state index < -0.39 is 10.0 Å². The van der Waals surface area contributed by atoms with Crippen LogP contribution in [0.5, 0.6) is 0 Å². The fourth-order valence-corrected chi connectivity index (χ4v) is 3.75. The maximum atomic E-state index is 11.6. The Balaban J connectivity index is 2.56. The molecule has 0 bridgehead atoms. The normalized spacial score (nSPS) is 20.5. The van der Waals surface area contributed by atoms with Crippen LogP contribution in [0, 0.1) is 0 Å². The SMILES string of the molecule is C[C@@H]1Cc2cc(Br)ccc2N1S(C)(=O)=O. The van der Waals surface area contributed by atoms with E-state index in [0.29, 0.717) is 0 Å². The summed E-state index contributed by atoms with van der Waals surface area (Å²) in [5.41, 5.74) is 1.90. The molecule has 0 aliphatic carbocycles. The van der Waals surface area contributed by atoms with Crippen LogP contribution in [0.3, 0.4) is 0 Å². The molecule has 1 heterocycles. The van der Waals surface area contributed by atoms with Crippen molar-refractivity contribution < 1.29 is 8.42 Å². The first-order chi connectivity index (χ1) is 6.89. The second kappa shape index (κ2) is 3.49. The Bertz CT molecular complexity index is 498. The molecule has 1 aromatic carbocycles. The summed E-state index contributed by atoms with van der Waals surface area (Å²) in [6, 6.07) is 5.72. The quantitative estimate of drug-likeness (QED) is 0.795. The highest BCUT2D eigenvalue weighted by molar-refractivity contribution is 9.10. The molecule has 0 amide bonds. The van der Waals surface area contributed by atoms with Crippen molar-refractivity contribution in [2.75, 3.05) is 10.6 Å². The summed E-state index contributed by atoms with van der Waals surface area (Å²) in [4.78, 5) is 0. The van der Waals surface area contributed by atoms with E-state index in [2.05, 4.69) is 15.9 Å². The molecule has 15 heavy (non-hydrogen) atoms. The van der Waals surface area contributed by atoms with Gasteiger partial charge in [-0.15, -0.1) is 0 Å². The average Bonchev–Trinajstić information content (AvgIpc) is 2.38. The van der Waals surface area contributed by atoms with E-state index in [1.54, 1.807) is 0 Å². The van der Waals surface area contributed by atoms with Gasteiger partial charge in [0.05, 0.1) is 11.9 Å². The van der Waals surface area contributed by atoms with Gasteiger partial charge < -0.3 is 0 Å². The number of benzene rings is 1. The molecule has 1 aliphatic heterocycles. The first-order valence-corrected chi connectivity index (χ1v) is 7.31. The zero-order valence-corrected chi connectivity index (χ0v) is 11.0. The maximum Gasteiger partial charge on any atom is 0.232 e. The Morgan fingerprint density at radius 1 is 1.47 bits per heavy atom. The number of sulfonamides is 1. The molecule has 0 N–H and O–H groups in total. The Hall–Kier alpha value is -0.550. The van der Waals surface area contributed by atoms with Crippen LogP contribution in [0.15, 0.2) is 22.7 Å². The van der Waals surface area contributed by atoms with Crippen molar-refractivity contribution in [2.24, 2.45) is 0 Å². The van der Waals surface area contributed by atoms with E-state index in [1.165, 1.54) is 10.6 Å². The van der Waals surface area contributed by atoms with E-state index in [9.17, 15) is 8.42 Å². The van der Waals surface area contributed by atoms with Crippen LogP contribution >= 0.6 is 15.9 Å². The highest BCUT2D eigenvalue weighted by atomic mass is 79.9. The Morgan fingerprint density at radius 3 is 2.73 bits per heavy atom. The van der Waals surface area contributed by atoms with Gasteiger partial charge in [-0.3, -0.25) is 4.31 Å². The number of halogens is 1. The van der Waals surface area contributed by atoms with Crippen LogP contribution < -0.4 is 4.31 Å². The molecular formula is C10H12BrNO2S. The minimum Gasteiger partial charge on any atom is -0.267 e. The molecule has 1 aromatic rings. The van der Waals surface area contributed by atoms with Crippen molar-refractivity contribution >= 4 is 31.6 Å². The van der Waals surface area contributed by atoms with Crippen molar-refractivity contribution in [3.8, 4) is 0 Å². The van der Waals surface area contributed by atoms with Gasteiger partial charge >= 0.3 is 0 Å². The first-order valence-electron chi connectivity index (χ1n) is 4.67. The number of hydrogen-bond acceptors (Lipinski definition) is 2. The van der Waals surface area contributed by atoms with Gasteiger partial charge in [0.15, 0.2) is 0 Å². The summed E-state index contributed by atoms with van der Waals surface area (Å²) in [7, 11) is -3.16. The summed E-state index contributed by atoms with van der Waals surface area (Å²) in [5.74, 6) is 0. The van der Waals surface area contributed by atoms with Crippen molar-refractivity contribution in [2.45, 2.75) is 19.4 Å². The third-order valence-corrected chi connectivity index (χ3v) is 4.32. The standard InChI is InChI=1S/C10H12BrNO2S/c1-7-5-8-6-9(11)3-4-10(8)12(7)15(2,13)14/h3-4,6-7H,5H2,1-2H3/t7-/m1/s1.